The van der Waals surface area contributed by atoms with Gasteiger partial charge in [0.25, 0.3) is 0 Å². The molecule has 7 heteroatoms. The van der Waals surface area contributed by atoms with Crippen LogP contribution in [0.3, 0.4) is 0 Å². The van der Waals surface area contributed by atoms with Crippen LogP contribution in [0.25, 0.3) is 0 Å². The van der Waals surface area contributed by atoms with Crippen molar-refractivity contribution in [3.05, 3.63) is 28.3 Å². The fraction of sp³-hybridized carbons (Fsp3) is 0.357. The van der Waals surface area contributed by atoms with Gasteiger partial charge in [0.05, 0.1) is 11.3 Å². The maximum atomic E-state index is 12.2. The molecule has 112 valence electrons. The predicted molar refractivity (Wildman–Crippen MR) is 82.2 cm³/mol. The van der Waals surface area contributed by atoms with Crippen LogP contribution < -0.4 is 4.90 Å². The zero-order valence-electron chi connectivity index (χ0n) is 11.6. The highest BCUT2D eigenvalue weighted by Gasteiger charge is 2.34. The lowest BCUT2D eigenvalue weighted by Crippen LogP contribution is -2.28. The van der Waals surface area contributed by atoms with Gasteiger partial charge in [0, 0.05) is 30.2 Å². The summed E-state index contributed by atoms with van der Waals surface area (Å²) in [5.41, 5.74) is 0.993. The number of rotatable bonds is 3. The minimum absolute atomic E-state index is 0.00169. The molecule has 1 aliphatic rings. The van der Waals surface area contributed by atoms with Gasteiger partial charge in [-0.25, -0.2) is 4.79 Å². The molecule has 0 radical (unpaired) electrons. The molecule has 0 aliphatic carbocycles. The van der Waals surface area contributed by atoms with E-state index >= 15 is 0 Å². The van der Waals surface area contributed by atoms with Gasteiger partial charge in [0.1, 0.15) is 0 Å². The largest absolute Gasteiger partial charge is 0.478 e. The number of nitrogens with zero attached hydrogens (tertiary/aromatic N) is 1. The third-order valence-electron chi connectivity index (χ3n) is 3.19. The molecule has 1 fully saturated rings. The Labute approximate surface area is 131 Å². The quantitative estimate of drug-likeness (QED) is 0.924. The molecule has 0 saturated carbocycles. The summed E-state index contributed by atoms with van der Waals surface area (Å²) in [5.74, 6) is -1.31. The Kier molecular flexibility index (Phi) is 4.58. The van der Waals surface area contributed by atoms with E-state index < -0.39 is 5.97 Å². The number of carboxylic acids is 1. The van der Waals surface area contributed by atoms with E-state index in [4.69, 9.17) is 11.6 Å². The van der Waals surface area contributed by atoms with Crippen molar-refractivity contribution in [1.82, 2.24) is 0 Å². The predicted octanol–water partition coefficient (Wildman–Crippen LogP) is 2.73. The number of aryl methyl sites for hydroxylation is 1. The molecule has 1 saturated heterocycles. The van der Waals surface area contributed by atoms with E-state index in [9.17, 15) is 19.5 Å². The molecular formula is C14H14ClNO4S. The van der Waals surface area contributed by atoms with Gasteiger partial charge in [-0.05, 0) is 24.6 Å². The summed E-state index contributed by atoms with van der Waals surface area (Å²) in [6.45, 7) is 3.49. The van der Waals surface area contributed by atoms with Crippen LogP contribution in [0.2, 0.25) is 5.02 Å². The standard InChI is InChI=1S/C14H14ClNO4S/c1-7-3-9(15)4-11(14(19)20)13(7)16-6-10(5-12(16)18)21-8(2)17/h3-4,10H,5-6H2,1-2H3,(H,19,20). The summed E-state index contributed by atoms with van der Waals surface area (Å²) < 4.78 is 0. The number of benzene rings is 1. The maximum absolute atomic E-state index is 12.2. The highest BCUT2D eigenvalue weighted by Crippen LogP contribution is 2.34. The average Bonchev–Trinajstić information content (AvgIpc) is 2.67. The first-order chi connectivity index (χ1) is 9.79. The van der Waals surface area contributed by atoms with Crippen molar-refractivity contribution in [3.8, 4) is 0 Å². The second kappa shape index (κ2) is 6.07. The van der Waals surface area contributed by atoms with Crippen molar-refractivity contribution in [1.29, 1.82) is 0 Å². The molecule has 0 aromatic heterocycles. The molecule has 1 N–H and O–H groups in total. The first kappa shape index (κ1) is 15.9. The van der Waals surface area contributed by atoms with Crippen molar-refractivity contribution < 1.29 is 19.5 Å². The summed E-state index contributed by atoms with van der Waals surface area (Å²) in [6.07, 6.45) is 0.228. The van der Waals surface area contributed by atoms with Crippen molar-refractivity contribution in [3.63, 3.8) is 0 Å². The molecule has 5 nitrogen and oxygen atoms in total. The van der Waals surface area contributed by atoms with Crippen LogP contribution in [0.5, 0.6) is 0 Å². The van der Waals surface area contributed by atoms with Gasteiger partial charge in [-0.1, -0.05) is 23.4 Å². The molecule has 1 atom stereocenters. The minimum atomic E-state index is -1.13. The van der Waals surface area contributed by atoms with Crippen LogP contribution in [0, 0.1) is 6.92 Å². The number of carbonyl (C=O) groups is 3. The van der Waals surface area contributed by atoms with Gasteiger partial charge in [0.2, 0.25) is 5.91 Å². The van der Waals surface area contributed by atoms with Gasteiger partial charge in [-0.15, -0.1) is 0 Å². The number of carboxylic acid groups (broad SMARTS) is 1. The van der Waals surface area contributed by atoms with E-state index in [0.29, 0.717) is 22.8 Å². The Morgan fingerprint density at radius 2 is 2.10 bits per heavy atom. The number of halogens is 1. The van der Waals surface area contributed by atoms with Crippen LogP contribution in [0.4, 0.5) is 5.69 Å². The normalized spacial score (nSPS) is 18.1. The molecule has 2 rings (SSSR count). The lowest BCUT2D eigenvalue weighted by atomic mass is 10.1. The first-order valence-corrected chi connectivity index (χ1v) is 7.56. The van der Waals surface area contributed by atoms with Crippen LogP contribution in [0.1, 0.15) is 29.3 Å². The van der Waals surface area contributed by atoms with Crippen LogP contribution in [0.15, 0.2) is 12.1 Å². The van der Waals surface area contributed by atoms with E-state index in [1.165, 1.54) is 17.9 Å². The second-order valence-corrected chi connectivity index (χ2v) is 6.78. The summed E-state index contributed by atoms with van der Waals surface area (Å²) in [6, 6.07) is 2.97. The number of thioether (sulfide) groups is 1. The van der Waals surface area contributed by atoms with Crippen LogP contribution >= 0.6 is 23.4 Å². The number of anilines is 1. The zero-order valence-corrected chi connectivity index (χ0v) is 13.1. The minimum Gasteiger partial charge on any atom is -0.478 e. The Balaban J connectivity index is 2.40. The summed E-state index contributed by atoms with van der Waals surface area (Å²) in [4.78, 5) is 36.1. The van der Waals surface area contributed by atoms with E-state index in [0.717, 1.165) is 11.8 Å². The molecule has 21 heavy (non-hydrogen) atoms. The van der Waals surface area contributed by atoms with Gasteiger partial charge in [-0.3, -0.25) is 9.59 Å². The number of aromatic carboxylic acids is 1. The topological polar surface area (TPSA) is 74.7 Å². The molecular weight excluding hydrogens is 314 g/mol. The number of hydrogen-bond donors (Lipinski definition) is 1. The number of amides is 1. The summed E-state index contributed by atoms with van der Waals surface area (Å²) >= 11 is 7.00. The highest BCUT2D eigenvalue weighted by atomic mass is 35.5. The highest BCUT2D eigenvalue weighted by molar-refractivity contribution is 8.14. The van der Waals surface area contributed by atoms with Crippen LogP contribution in [-0.4, -0.2) is 33.9 Å². The SMILES string of the molecule is CC(=O)SC1CC(=O)N(c2c(C)cc(Cl)cc2C(=O)O)C1. The number of hydrogen-bond acceptors (Lipinski definition) is 4. The Morgan fingerprint density at radius 1 is 1.43 bits per heavy atom. The van der Waals surface area contributed by atoms with Crippen molar-refractivity contribution in [2.45, 2.75) is 25.5 Å². The average molecular weight is 328 g/mol. The third-order valence-corrected chi connectivity index (χ3v) is 4.39. The maximum Gasteiger partial charge on any atom is 0.337 e. The van der Waals surface area contributed by atoms with Gasteiger partial charge in [0.15, 0.2) is 5.12 Å². The van der Waals surface area contributed by atoms with E-state index in [1.807, 2.05) is 0 Å². The van der Waals surface area contributed by atoms with Crippen molar-refractivity contribution in [2.24, 2.45) is 0 Å². The Bertz CT molecular complexity index is 632. The molecule has 1 aromatic rings. The smallest absolute Gasteiger partial charge is 0.337 e. The van der Waals surface area contributed by atoms with Crippen molar-refractivity contribution in [2.75, 3.05) is 11.4 Å². The fourth-order valence-corrected chi connectivity index (χ4v) is 3.65. The Hall–Kier alpha value is -1.53. The molecule has 1 aromatic carbocycles. The second-order valence-electron chi connectivity index (χ2n) is 4.86. The summed E-state index contributed by atoms with van der Waals surface area (Å²) in [7, 11) is 0. The summed E-state index contributed by atoms with van der Waals surface area (Å²) in [5, 5.41) is 9.43. The lowest BCUT2D eigenvalue weighted by molar-refractivity contribution is -0.117. The zero-order chi connectivity index (χ0) is 15.7. The van der Waals surface area contributed by atoms with Gasteiger partial charge < -0.3 is 10.0 Å². The molecule has 1 heterocycles. The van der Waals surface area contributed by atoms with Crippen molar-refractivity contribution >= 4 is 46.0 Å². The Morgan fingerprint density at radius 3 is 2.67 bits per heavy atom. The molecule has 1 aliphatic heterocycles. The molecule has 1 unspecified atom stereocenters. The molecule has 1 amide bonds. The monoisotopic (exact) mass is 327 g/mol. The van der Waals surface area contributed by atoms with E-state index in [-0.39, 0.29) is 28.3 Å². The third kappa shape index (κ3) is 3.39. The van der Waals surface area contributed by atoms with E-state index in [2.05, 4.69) is 0 Å². The van der Waals surface area contributed by atoms with Crippen LogP contribution in [-0.2, 0) is 9.59 Å². The molecule has 0 bridgehead atoms. The molecule has 0 spiro atoms. The van der Waals surface area contributed by atoms with Gasteiger partial charge in [-0.2, -0.15) is 0 Å². The van der Waals surface area contributed by atoms with E-state index in [1.54, 1.807) is 13.0 Å². The van der Waals surface area contributed by atoms with Gasteiger partial charge >= 0.3 is 5.97 Å². The number of carbonyl (C=O) groups excluding carboxylic acids is 2. The lowest BCUT2D eigenvalue weighted by Gasteiger charge is -2.21. The fourth-order valence-electron chi connectivity index (χ4n) is 2.46. The first-order valence-electron chi connectivity index (χ1n) is 6.30.